The Labute approximate surface area is 207 Å². The van der Waals surface area contributed by atoms with Crippen molar-refractivity contribution in [1.29, 1.82) is 0 Å². The van der Waals surface area contributed by atoms with Crippen molar-refractivity contribution in [2.24, 2.45) is 5.92 Å². The van der Waals surface area contributed by atoms with Gasteiger partial charge in [0.2, 0.25) is 5.91 Å². The normalized spacial score (nSPS) is 20.9. The second kappa shape index (κ2) is 12.3. The lowest BCUT2D eigenvalue weighted by atomic mass is 9.95. The highest BCUT2D eigenvalue weighted by atomic mass is 35.5. The van der Waals surface area contributed by atoms with Gasteiger partial charge in [-0.1, -0.05) is 51.1 Å². The van der Waals surface area contributed by atoms with Crippen LogP contribution in [0.3, 0.4) is 0 Å². The van der Waals surface area contributed by atoms with E-state index in [9.17, 15) is 14.4 Å². The lowest BCUT2D eigenvalue weighted by molar-refractivity contribution is -0.136. The van der Waals surface area contributed by atoms with Gasteiger partial charge in [-0.15, -0.1) is 0 Å². The van der Waals surface area contributed by atoms with Crippen LogP contribution in [0.2, 0.25) is 5.02 Å². The second-order valence-corrected chi connectivity index (χ2v) is 10.0. The fraction of sp³-hybridized carbons (Fsp3) is 0.640. The van der Waals surface area contributed by atoms with Crippen LogP contribution in [-0.4, -0.2) is 65.5 Å². The molecule has 3 atom stereocenters. The lowest BCUT2D eigenvalue weighted by Crippen LogP contribution is -2.62. The number of urea groups is 2. The van der Waals surface area contributed by atoms with Crippen molar-refractivity contribution < 1.29 is 14.4 Å². The first-order chi connectivity index (χ1) is 16.3. The van der Waals surface area contributed by atoms with Gasteiger partial charge in [0.05, 0.1) is 0 Å². The van der Waals surface area contributed by atoms with Gasteiger partial charge in [0.25, 0.3) is 0 Å². The molecule has 1 saturated heterocycles. The number of anilines is 1. The van der Waals surface area contributed by atoms with Crippen molar-refractivity contribution in [1.82, 2.24) is 20.4 Å². The van der Waals surface area contributed by atoms with E-state index in [-0.39, 0.29) is 29.9 Å². The SMILES string of the molecule is CCC(C)C(NC(=O)Nc1ccc(Cl)cc1)C(=O)N1CCN(C(=O)NC2CCCCC2)C(C)C1. The molecule has 5 amide bonds. The van der Waals surface area contributed by atoms with Crippen molar-refractivity contribution in [3.8, 4) is 0 Å². The molecular weight excluding hydrogens is 454 g/mol. The predicted molar refractivity (Wildman–Crippen MR) is 135 cm³/mol. The molecule has 3 unspecified atom stereocenters. The monoisotopic (exact) mass is 491 g/mol. The van der Waals surface area contributed by atoms with Crippen LogP contribution in [0.25, 0.3) is 0 Å². The van der Waals surface area contributed by atoms with Gasteiger partial charge >= 0.3 is 12.1 Å². The van der Waals surface area contributed by atoms with Gasteiger partial charge in [-0.3, -0.25) is 4.79 Å². The number of rotatable bonds is 6. The smallest absolute Gasteiger partial charge is 0.319 e. The largest absolute Gasteiger partial charge is 0.337 e. The van der Waals surface area contributed by atoms with E-state index in [0.717, 1.165) is 19.3 Å². The van der Waals surface area contributed by atoms with Crippen molar-refractivity contribution in [2.75, 3.05) is 25.0 Å². The Morgan fingerprint density at radius 3 is 2.38 bits per heavy atom. The third-order valence-corrected chi connectivity index (χ3v) is 7.25. The molecule has 34 heavy (non-hydrogen) atoms. The first-order valence-corrected chi connectivity index (χ1v) is 12.8. The van der Waals surface area contributed by atoms with E-state index < -0.39 is 12.1 Å². The third-order valence-electron chi connectivity index (χ3n) is 7.00. The number of hydrogen-bond acceptors (Lipinski definition) is 3. The van der Waals surface area contributed by atoms with Crippen LogP contribution in [0, 0.1) is 5.92 Å². The van der Waals surface area contributed by atoms with Crippen LogP contribution in [0.5, 0.6) is 0 Å². The Kier molecular flexibility index (Phi) is 9.45. The summed E-state index contributed by atoms with van der Waals surface area (Å²) in [5.41, 5.74) is 0.600. The number of hydrogen-bond donors (Lipinski definition) is 3. The molecule has 188 valence electrons. The molecule has 1 heterocycles. The molecule has 2 fully saturated rings. The summed E-state index contributed by atoms with van der Waals surface area (Å²) in [4.78, 5) is 42.5. The van der Waals surface area contributed by atoms with Crippen molar-refractivity contribution >= 4 is 35.3 Å². The summed E-state index contributed by atoms with van der Waals surface area (Å²) in [7, 11) is 0. The van der Waals surface area contributed by atoms with Crippen molar-refractivity contribution in [3.05, 3.63) is 29.3 Å². The average molecular weight is 492 g/mol. The molecule has 1 aromatic carbocycles. The van der Waals surface area contributed by atoms with E-state index in [1.54, 1.807) is 29.2 Å². The maximum atomic E-state index is 13.4. The second-order valence-electron chi connectivity index (χ2n) is 9.58. The molecule has 2 aliphatic rings. The molecule has 1 aromatic rings. The number of nitrogens with zero attached hydrogens (tertiary/aromatic N) is 2. The van der Waals surface area contributed by atoms with Crippen LogP contribution >= 0.6 is 11.6 Å². The van der Waals surface area contributed by atoms with Crippen LogP contribution < -0.4 is 16.0 Å². The summed E-state index contributed by atoms with van der Waals surface area (Å²) in [5, 5.41) is 9.39. The number of amides is 5. The molecule has 1 aliphatic heterocycles. The van der Waals surface area contributed by atoms with E-state index in [1.165, 1.54) is 19.3 Å². The Balaban J connectivity index is 1.57. The summed E-state index contributed by atoms with van der Waals surface area (Å²) in [6.45, 7) is 7.32. The molecule has 0 radical (unpaired) electrons. The molecule has 0 aromatic heterocycles. The first-order valence-electron chi connectivity index (χ1n) is 12.5. The number of carbonyl (C=O) groups is 3. The minimum absolute atomic E-state index is 0.0357. The molecule has 3 rings (SSSR count). The molecule has 8 nitrogen and oxygen atoms in total. The van der Waals surface area contributed by atoms with Crippen LogP contribution in [-0.2, 0) is 4.79 Å². The maximum Gasteiger partial charge on any atom is 0.319 e. The summed E-state index contributed by atoms with van der Waals surface area (Å²) in [6.07, 6.45) is 6.40. The zero-order valence-electron chi connectivity index (χ0n) is 20.5. The molecular formula is C25H38ClN5O3. The predicted octanol–water partition coefficient (Wildman–Crippen LogP) is 4.45. The average Bonchev–Trinajstić information content (AvgIpc) is 2.83. The fourth-order valence-corrected chi connectivity index (χ4v) is 4.81. The molecule has 3 N–H and O–H groups in total. The van der Waals surface area contributed by atoms with Gasteiger partial charge in [-0.05, 0) is 49.9 Å². The Hall–Kier alpha value is -2.48. The minimum Gasteiger partial charge on any atom is -0.337 e. The Morgan fingerprint density at radius 2 is 1.76 bits per heavy atom. The van der Waals surface area contributed by atoms with Gasteiger partial charge in [0, 0.05) is 42.4 Å². The van der Waals surface area contributed by atoms with Crippen molar-refractivity contribution in [3.63, 3.8) is 0 Å². The molecule has 1 aliphatic carbocycles. The molecule has 9 heteroatoms. The zero-order chi connectivity index (χ0) is 24.7. The molecule has 0 bridgehead atoms. The number of piperazine rings is 1. The minimum atomic E-state index is -0.646. The number of carbonyl (C=O) groups excluding carboxylic acids is 3. The van der Waals surface area contributed by atoms with Gasteiger partial charge in [-0.2, -0.15) is 0 Å². The topological polar surface area (TPSA) is 93.8 Å². The quantitative estimate of drug-likeness (QED) is 0.548. The maximum absolute atomic E-state index is 13.4. The standard InChI is InChI=1S/C25H38ClN5O3/c1-4-17(2)22(29-24(33)27-21-12-10-19(26)11-13-21)23(32)30-14-15-31(18(3)16-30)25(34)28-20-8-6-5-7-9-20/h10-13,17-18,20,22H,4-9,14-16H2,1-3H3,(H,28,34)(H2,27,29,33). The first kappa shape index (κ1) is 26.1. The Morgan fingerprint density at radius 1 is 1.09 bits per heavy atom. The van der Waals surface area contributed by atoms with Gasteiger partial charge in [0.15, 0.2) is 0 Å². The van der Waals surface area contributed by atoms with Crippen LogP contribution in [0.4, 0.5) is 15.3 Å². The lowest BCUT2D eigenvalue weighted by Gasteiger charge is -2.42. The number of benzene rings is 1. The fourth-order valence-electron chi connectivity index (χ4n) is 4.69. The summed E-state index contributed by atoms with van der Waals surface area (Å²) in [5.74, 6) is -0.147. The van der Waals surface area contributed by atoms with Gasteiger partial charge in [-0.25, -0.2) is 9.59 Å². The third kappa shape index (κ3) is 7.01. The summed E-state index contributed by atoms with van der Waals surface area (Å²) < 4.78 is 0. The number of halogens is 1. The zero-order valence-corrected chi connectivity index (χ0v) is 21.2. The van der Waals surface area contributed by atoms with Gasteiger partial charge < -0.3 is 25.8 Å². The molecule has 1 saturated carbocycles. The van der Waals surface area contributed by atoms with Crippen LogP contribution in [0.1, 0.15) is 59.3 Å². The van der Waals surface area contributed by atoms with E-state index in [4.69, 9.17) is 11.6 Å². The van der Waals surface area contributed by atoms with E-state index in [2.05, 4.69) is 16.0 Å². The molecule has 0 spiro atoms. The van der Waals surface area contributed by atoms with E-state index in [1.807, 2.05) is 25.7 Å². The van der Waals surface area contributed by atoms with Gasteiger partial charge in [0.1, 0.15) is 6.04 Å². The summed E-state index contributed by atoms with van der Waals surface area (Å²) >= 11 is 5.90. The van der Waals surface area contributed by atoms with E-state index in [0.29, 0.717) is 30.3 Å². The highest BCUT2D eigenvalue weighted by Crippen LogP contribution is 2.20. The van der Waals surface area contributed by atoms with Crippen molar-refractivity contribution in [2.45, 2.75) is 77.4 Å². The highest BCUT2D eigenvalue weighted by molar-refractivity contribution is 6.30. The summed E-state index contributed by atoms with van der Waals surface area (Å²) in [6, 6.07) is 5.85. The highest BCUT2D eigenvalue weighted by Gasteiger charge is 2.35. The Bertz CT molecular complexity index is 843. The number of nitrogens with one attached hydrogen (secondary N) is 3. The van der Waals surface area contributed by atoms with E-state index >= 15 is 0 Å². The van der Waals surface area contributed by atoms with Crippen LogP contribution in [0.15, 0.2) is 24.3 Å².